The van der Waals surface area contributed by atoms with Gasteiger partial charge in [0.2, 0.25) is 5.91 Å². The van der Waals surface area contributed by atoms with E-state index in [2.05, 4.69) is 15.5 Å². The van der Waals surface area contributed by atoms with E-state index in [1.54, 1.807) is 0 Å². The number of carboxylic acid groups (broad SMARTS) is 1. The van der Waals surface area contributed by atoms with Crippen molar-refractivity contribution in [1.82, 2.24) is 10.2 Å². The molecule has 0 aromatic carbocycles. The highest BCUT2D eigenvalue weighted by atomic mass is 16.5. The van der Waals surface area contributed by atoms with Crippen LogP contribution in [0.3, 0.4) is 0 Å². The van der Waals surface area contributed by atoms with Crippen molar-refractivity contribution in [2.45, 2.75) is 19.8 Å². The first-order valence-electron chi connectivity index (χ1n) is 5.29. The van der Waals surface area contributed by atoms with Gasteiger partial charge in [0.25, 0.3) is 0 Å². The molecule has 0 bridgehead atoms. The monoisotopic (exact) mass is 241 g/mol. The highest BCUT2D eigenvalue weighted by Crippen LogP contribution is 2.06. The van der Waals surface area contributed by atoms with Gasteiger partial charge in [-0.25, -0.2) is 4.79 Å². The minimum Gasteiger partial charge on any atom is -0.477 e. The maximum absolute atomic E-state index is 11.4. The van der Waals surface area contributed by atoms with E-state index >= 15 is 0 Å². The van der Waals surface area contributed by atoms with E-state index in [9.17, 15) is 9.59 Å². The zero-order chi connectivity index (χ0) is 12.7. The van der Waals surface area contributed by atoms with Crippen LogP contribution in [0.15, 0.2) is 6.07 Å². The van der Waals surface area contributed by atoms with E-state index in [4.69, 9.17) is 9.84 Å². The predicted molar refractivity (Wildman–Crippen MR) is 59.9 cm³/mol. The molecule has 7 nitrogen and oxygen atoms in total. The molecule has 0 saturated heterocycles. The number of nitrogens with zero attached hydrogens (tertiary/aromatic N) is 1. The van der Waals surface area contributed by atoms with Crippen LogP contribution in [0, 0.1) is 0 Å². The van der Waals surface area contributed by atoms with Crippen molar-refractivity contribution in [3.8, 4) is 0 Å². The third kappa shape index (κ3) is 4.64. The van der Waals surface area contributed by atoms with Crippen LogP contribution in [0.2, 0.25) is 0 Å². The van der Waals surface area contributed by atoms with Crippen molar-refractivity contribution in [2.24, 2.45) is 0 Å². The minimum absolute atomic E-state index is 0.0605. The van der Waals surface area contributed by atoms with Gasteiger partial charge in [0.05, 0.1) is 0 Å². The van der Waals surface area contributed by atoms with Crippen LogP contribution in [0.25, 0.3) is 0 Å². The Morgan fingerprint density at radius 2 is 2.35 bits per heavy atom. The second kappa shape index (κ2) is 6.64. The molecule has 1 rings (SSSR count). The second-order valence-electron chi connectivity index (χ2n) is 3.32. The molecule has 0 unspecified atom stereocenters. The zero-order valence-electron chi connectivity index (χ0n) is 9.52. The summed E-state index contributed by atoms with van der Waals surface area (Å²) >= 11 is 0. The number of ether oxygens (including phenoxy) is 1. The molecule has 1 aromatic heterocycles. The first kappa shape index (κ1) is 13.2. The molecular formula is C10H15N3O4. The molecule has 0 fully saturated rings. The predicted octanol–water partition coefficient (Wildman–Crippen LogP) is 0.863. The van der Waals surface area contributed by atoms with Crippen LogP contribution in [0.1, 0.15) is 30.3 Å². The summed E-state index contributed by atoms with van der Waals surface area (Å²) in [5, 5.41) is 17.1. The van der Waals surface area contributed by atoms with Crippen molar-refractivity contribution in [3.05, 3.63) is 11.8 Å². The summed E-state index contributed by atoms with van der Waals surface area (Å²) in [7, 11) is 0. The molecule has 17 heavy (non-hydrogen) atoms. The molecule has 94 valence electrons. The Morgan fingerprint density at radius 3 is 2.94 bits per heavy atom. The normalized spacial score (nSPS) is 10.2. The fraction of sp³-hybridized carbons (Fsp3) is 0.500. The molecule has 1 aromatic rings. The number of aromatic amines is 1. The summed E-state index contributed by atoms with van der Waals surface area (Å²) in [6.45, 7) is 3.05. The number of anilines is 1. The molecule has 0 radical (unpaired) electrons. The van der Waals surface area contributed by atoms with Crippen molar-refractivity contribution in [3.63, 3.8) is 0 Å². The number of carbonyl (C=O) groups excluding carboxylic acids is 1. The van der Waals surface area contributed by atoms with Gasteiger partial charge in [-0.05, 0) is 13.3 Å². The quantitative estimate of drug-likeness (QED) is 0.614. The fourth-order valence-electron chi connectivity index (χ4n) is 1.18. The topological polar surface area (TPSA) is 104 Å². The van der Waals surface area contributed by atoms with Gasteiger partial charge in [0.15, 0.2) is 5.82 Å². The molecule has 0 aliphatic carbocycles. The lowest BCUT2D eigenvalue weighted by atomic mass is 10.3. The Labute approximate surface area is 98.2 Å². The summed E-state index contributed by atoms with van der Waals surface area (Å²) in [6.07, 6.45) is 0.936. The SMILES string of the molecule is CCOCCCC(=O)Nc1cc(C(=O)O)[nH]n1. The van der Waals surface area contributed by atoms with Gasteiger partial charge in [-0.15, -0.1) is 0 Å². The van der Waals surface area contributed by atoms with Crippen LogP contribution in [0.5, 0.6) is 0 Å². The molecule has 1 heterocycles. The van der Waals surface area contributed by atoms with E-state index in [1.807, 2.05) is 6.92 Å². The average Bonchev–Trinajstić information content (AvgIpc) is 2.73. The van der Waals surface area contributed by atoms with Gasteiger partial charge in [-0.2, -0.15) is 5.10 Å². The summed E-state index contributed by atoms with van der Waals surface area (Å²) in [4.78, 5) is 21.9. The number of rotatable bonds is 7. The highest BCUT2D eigenvalue weighted by molar-refractivity contribution is 5.92. The minimum atomic E-state index is -1.12. The lowest BCUT2D eigenvalue weighted by Gasteiger charge is -2.01. The van der Waals surface area contributed by atoms with Gasteiger partial charge in [0, 0.05) is 25.7 Å². The number of H-pyrrole nitrogens is 1. The Bertz CT molecular complexity index is 389. The molecule has 1 amide bonds. The van der Waals surface area contributed by atoms with E-state index in [0.29, 0.717) is 26.1 Å². The molecule has 0 saturated carbocycles. The lowest BCUT2D eigenvalue weighted by Crippen LogP contribution is -2.12. The standard InChI is InChI=1S/C10H15N3O4/c1-2-17-5-3-4-9(14)11-8-6-7(10(15)16)12-13-8/h6H,2-5H2,1H3,(H,15,16)(H2,11,12,13,14). The first-order valence-corrected chi connectivity index (χ1v) is 5.29. The average molecular weight is 241 g/mol. The number of hydrogen-bond acceptors (Lipinski definition) is 4. The van der Waals surface area contributed by atoms with E-state index in [0.717, 1.165) is 0 Å². The molecule has 0 aliphatic heterocycles. The summed E-state index contributed by atoms with van der Waals surface area (Å²) in [6, 6.07) is 1.27. The van der Waals surface area contributed by atoms with Crippen LogP contribution < -0.4 is 5.32 Å². The number of amides is 1. The maximum atomic E-state index is 11.4. The van der Waals surface area contributed by atoms with E-state index in [1.165, 1.54) is 6.07 Å². The molecule has 0 aliphatic rings. The molecule has 0 atom stereocenters. The zero-order valence-corrected chi connectivity index (χ0v) is 9.52. The van der Waals surface area contributed by atoms with Crippen LogP contribution in [-0.4, -0.2) is 40.4 Å². The number of carboxylic acids is 1. The number of nitrogens with one attached hydrogen (secondary N) is 2. The maximum Gasteiger partial charge on any atom is 0.353 e. The van der Waals surface area contributed by atoms with Crippen molar-refractivity contribution in [2.75, 3.05) is 18.5 Å². The van der Waals surface area contributed by atoms with Crippen molar-refractivity contribution < 1.29 is 19.4 Å². The van der Waals surface area contributed by atoms with Gasteiger partial charge < -0.3 is 15.2 Å². The van der Waals surface area contributed by atoms with Crippen LogP contribution >= 0.6 is 0 Å². The molecule has 0 spiro atoms. The van der Waals surface area contributed by atoms with Crippen LogP contribution in [0.4, 0.5) is 5.82 Å². The number of carbonyl (C=O) groups is 2. The third-order valence-corrected chi connectivity index (χ3v) is 1.97. The third-order valence-electron chi connectivity index (χ3n) is 1.97. The highest BCUT2D eigenvalue weighted by Gasteiger charge is 2.09. The Morgan fingerprint density at radius 1 is 1.59 bits per heavy atom. The largest absolute Gasteiger partial charge is 0.477 e. The van der Waals surface area contributed by atoms with Gasteiger partial charge in [-0.1, -0.05) is 0 Å². The number of aromatic carboxylic acids is 1. The van der Waals surface area contributed by atoms with E-state index < -0.39 is 5.97 Å². The number of hydrogen-bond donors (Lipinski definition) is 3. The molecular weight excluding hydrogens is 226 g/mol. The van der Waals surface area contributed by atoms with Gasteiger partial charge in [0.1, 0.15) is 5.69 Å². The first-order chi connectivity index (χ1) is 8.13. The van der Waals surface area contributed by atoms with E-state index in [-0.39, 0.29) is 17.4 Å². The molecule has 7 heteroatoms. The van der Waals surface area contributed by atoms with Crippen LogP contribution in [-0.2, 0) is 9.53 Å². The Hall–Kier alpha value is -1.89. The second-order valence-corrected chi connectivity index (χ2v) is 3.32. The lowest BCUT2D eigenvalue weighted by molar-refractivity contribution is -0.116. The Kier molecular flexibility index (Phi) is 5.15. The summed E-state index contributed by atoms with van der Waals surface area (Å²) in [5.41, 5.74) is -0.0605. The van der Waals surface area contributed by atoms with Gasteiger partial charge >= 0.3 is 5.97 Å². The fourth-order valence-corrected chi connectivity index (χ4v) is 1.18. The molecule has 3 N–H and O–H groups in total. The number of aromatic nitrogens is 2. The van der Waals surface area contributed by atoms with Gasteiger partial charge in [-0.3, -0.25) is 9.89 Å². The van der Waals surface area contributed by atoms with Crippen molar-refractivity contribution in [1.29, 1.82) is 0 Å². The smallest absolute Gasteiger partial charge is 0.353 e. The van der Waals surface area contributed by atoms with Crippen molar-refractivity contribution >= 4 is 17.7 Å². The Balaban J connectivity index is 2.32. The summed E-state index contributed by atoms with van der Waals surface area (Å²) in [5.74, 6) is -1.12. The summed E-state index contributed by atoms with van der Waals surface area (Å²) < 4.78 is 5.09.